The molecule has 1 nitrogen and oxygen atoms in total. The van der Waals surface area contributed by atoms with Crippen LogP contribution in [0, 0.1) is 6.42 Å². The number of alkyl halides is 10. The molecule has 1 aromatic heterocycles. The Morgan fingerprint density at radius 3 is 2.00 bits per heavy atom. The zero-order chi connectivity index (χ0) is 21.8. The van der Waals surface area contributed by atoms with Gasteiger partial charge in [-0.2, -0.15) is 35.1 Å². The Hall–Kier alpha value is -0.250. The lowest BCUT2D eigenvalue weighted by molar-refractivity contribution is -0.371. The van der Waals surface area contributed by atoms with Crippen LogP contribution < -0.4 is 0 Å². The van der Waals surface area contributed by atoms with Crippen molar-refractivity contribution in [3.05, 3.63) is 56.8 Å². The highest BCUT2D eigenvalue weighted by molar-refractivity contribution is 14.1. The Labute approximate surface area is 184 Å². The quantitative estimate of drug-likeness (QED) is 0.144. The molecule has 1 radical (unpaired) electrons. The van der Waals surface area contributed by atoms with Crippen LogP contribution in [0.2, 0.25) is 5.15 Å². The second-order valence-electron chi connectivity index (χ2n) is 5.61. The van der Waals surface area contributed by atoms with Gasteiger partial charge in [-0.3, -0.25) is 0 Å². The molecule has 0 N–H and O–H groups in total. The molecule has 0 aliphatic heterocycles. The summed E-state index contributed by atoms with van der Waals surface area (Å²) < 4.78 is 118. The summed E-state index contributed by atoms with van der Waals surface area (Å²) in [6.07, 6.45) is -10.3. The van der Waals surface area contributed by atoms with Crippen molar-refractivity contribution in [2.75, 3.05) is 0 Å². The van der Waals surface area contributed by atoms with Gasteiger partial charge in [0.05, 0.1) is 3.42 Å². The summed E-state index contributed by atoms with van der Waals surface area (Å²) in [7, 11) is 0. The average molecular weight is 660 g/mol. The van der Waals surface area contributed by atoms with Crippen molar-refractivity contribution in [1.29, 1.82) is 0 Å². The Kier molecular flexibility index (Phi) is 6.40. The average Bonchev–Trinajstić information content (AvgIpc) is 2.51. The summed E-state index contributed by atoms with van der Waals surface area (Å²) in [6, 6.07) is 2.60. The van der Waals surface area contributed by atoms with E-state index >= 15 is 0 Å². The van der Waals surface area contributed by atoms with E-state index in [0.717, 1.165) is 0 Å². The predicted molar refractivity (Wildman–Crippen MR) is 100 cm³/mol. The number of aromatic nitrogens is 1. The number of pyridine rings is 1. The van der Waals surface area contributed by atoms with Crippen LogP contribution in [0.1, 0.15) is 5.56 Å². The van der Waals surface area contributed by atoms with Crippen LogP contribution in [0.5, 0.6) is 0 Å². The number of allylic oxidation sites excluding steroid dienone is 4. The van der Waals surface area contributed by atoms with Crippen LogP contribution in [0.3, 0.4) is 0 Å². The van der Waals surface area contributed by atoms with Gasteiger partial charge in [-0.15, -0.1) is 0 Å². The Morgan fingerprint density at radius 2 is 1.54 bits per heavy atom. The summed E-state index contributed by atoms with van der Waals surface area (Å²) in [5.74, 6) is -6.74. The molecule has 13 heteroatoms. The molecule has 1 aromatic rings. The molecule has 0 spiro atoms. The molecule has 2 atom stereocenters. The lowest BCUT2D eigenvalue weighted by atomic mass is 9.80. The molecule has 0 fully saturated rings. The monoisotopic (exact) mass is 660 g/mol. The number of nitrogens with zero attached hydrogens (tertiary/aromatic N) is 1. The number of rotatable bonds is 3. The van der Waals surface area contributed by atoms with Crippen molar-refractivity contribution in [2.24, 2.45) is 0 Å². The van der Waals surface area contributed by atoms with Crippen molar-refractivity contribution in [3.8, 4) is 0 Å². The summed E-state index contributed by atoms with van der Waals surface area (Å²) >= 11 is 8.73. The van der Waals surface area contributed by atoms with Gasteiger partial charge in [0.2, 0.25) is 0 Å². The van der Waals surface area contributed by atoms with E-state index in [-0.39, 0.29) is 20.4 Å². The maximum atomic E-state index is 14.8. The minimum Gasteiger partial charge on any atom is -0.244 e. The molecule has 1 aliphatic rings. The van der Waals surface area contributed by atoms with Gasteiger partial charge in [0.25, 0.3) is 0 Å². The van der Waals surface area contributed by atoms with Crippen molar-refractivity contribution >= 4 is 56.8 Å². The zero-order valence-electron chi connectivity index (χ0n) is 12.9. The summed E-state index contributed by atoms with van der Waals surface area (Å²) in [5, 5.41) is -0.242. The molecule has 1 heterocycles. The molecule has 2 unspecified atom stereocenters. The third-order valence-electron chi connectivity index (χ3n) is 3.76. The van der Waals surface area contributed by atoms with E-state index < -0.39 is 32.9 Å². The summed E-state index contributed by atoms with van der Waals surface area (Å²) in [4.78, 5) is 3.69. The normalized spacial score (nSPS) is 23.7. The summed E-state index contributed by atoms with van der Waals surface area (Å²) in [6.45, 7) is 0. The van der Waals surface area contributed by atoms with E-state index in [1.54, 1.807) is 0 Å². The highest BCUT2D eigenvalue weighted by atomic mass is 127. The van der Waals surface area contributed by atoms with E-state index in [0.29, 0.717) is 6.08 Å². The van der Waals surface area contributed by atoms with E-state index in [1.807, 2.05) is 0 Å². The molecule has 1 aliphatic carbocycles. The van der Waals surface area contributed by atoms with Gasteiger partial charge in [-0.1, -0.05) is 46.3 Å². The minimum atomic E-state index is -6.79. The van der Waals surface area contributed by atoms with Gasteiger partial charge in [0, 0.05) is 23.8 Å². The number of hydrogen-bond acceptors (Lipinski definition) is 1. The van der Waals surface area contributed by atoms with Crippen molar-refractivity contribution in [2.45, 2.75) is 27.4 Å². The Balaban J connectivity index is 2.80. The first-order valence-electron chi connectivity index (χ1n) is 6.94. The molecule has 0 bridgehead atoms. The van der Waals surface area contributed by atoms with Crippen LogP contribution in [-0.2, 0) is 3.42 Å². The largest absolute Gasteiger partial charge is 0.457 e. The molecule has 2 rings (SSSR count). The van der Waals surface area contributed by atoms with Crippen molar-refractivity contribution < 1.29 is 39.5 Å². The lowest BCUT2D eigenvalue weighted by Gasteiger charge is -2.39. The number of halogens is 12. The standard InChI is InChI=1S/C15H6ClF9I2N/c16-10-9(2-1-3-28-10)11(27)5-7(4-8(26)6-11)12(17,14(20,21)22)13(18,19)15(23,24)25/h1-6H. The molecular formula is C15H6ClF9I2N. The minimum absolute atomic E-state index is 0.0168. The molecule has 28 heavy (non-hydrogen) atoms. The maximum Gasteiger partial charge on any atom is 0.457 e. The first kappa shape index (κ1) is 24.0. The predicted octanol–water partition coefficient (Wildman–Crippen LogP) is 7.30. The van der Waals surface area contributed by atoms with Crippen LogP contribution in [0.15, 0.2) is 39.6 Å². The summed E-state index contributed by atoms with van der Waals surface area (Å²) in [5.41, 5.74) is -7.92. The fourth-order valence-corrected chi connectivity index (χ4v) is 5.41. The van der Waals surface area contributed by atoms with Crippen LogP contribution in [-0.4, -0.2) is 28.9 Å². The molecule has 0 saturated heterocycles. The first-order valence-corrected chi connectivity index (χ1v) is 9.47. The smallest absolute Gasteiger partial charge is 0.244 e. The zero-order valence-corrected chi connectivity index (χ0v) is 18.0. The molecule has 0 saturated carbocycles. The number of hydrogen-bond donors (Lipinski definition) is 0. The molecule has 155 valence electrons. The van der Waals surface area contributed by atoms with Gasteiger partial charge < -0.3 is 0 Å². The van der Waals surface area contributed by atoms with E-state index in [2.05, 4.69) is 4.98 Å². The Morgan fingerprint density at radius 1 is 0.964 bits per heavy atom. The van der Waals surface area contributed by atoms with Crippen molar-refractivity contribution in [3.63, 3.8) is 0 Å². The van der Waals surface area contributed by atoms with Gasteiger partial charge in [0.1, 0.15) is 5.15 Å². The molecule has 0 aromatic carbocycles. The fourth-order valence-electron chi connectivity index (χ4n) is 2.45. The third kappa shape index (κ3) is 3.88. The topological polar surface area (TPSA) is 12.9 Å². The van der Waals surface area contributed by atoms with Gasteiger partial charge in [-0.25, -0.2) is 9.37 Å². The van der Waals surface area contributed by atoms with Gasteiger partial charge >= 0.3 is 23.9 Å². The van der Waals surface area contributed by atoms with E-state index in [9.17, 15) is 39.5 Å². The van der Waals surface area contributed by atoms with Gasteiger partial charge in [0.15, 0.2) is 0 Å². The van der Waals surface area contributed by atoms with E-state index in [1.165, 1.54) is 69.9 Å². The SMILES string of the molecule is FC(F)(F)C(F)(F)C(F)(C1=CC(I)(c2cccnc2Cl)[CH]C(I)=C1)C(F)(F)F. The van der Waals surface area contributed by atoms with Crippen LogP contribution >= 0.6 is 56.8 Å². The highest BCUT2D eigenvalue weighted by Crippen LogP contribution is 2.59. The fraction of sp³-hybridized carbons (Fsp3) is 0.333. The van der Waals surface area contributed by atoms with Crippen LogP contribution in [0.4, 0.5) is 39.5 Å². The second-order valence-corrected chi connectivity index (χ2v) is 9.00. The maximum absolute atomic E-state index is 14.8. The second kappa shape index (κ2) is 7.46. The van der Waals surface area contributed by atoms with Crippen LogP contribution in [0.25, 0.3) is 0 Å². The van der Waals surface area contributed by atoms with E-state index in [4.69, 9.17) is 11.6 Å². The Bertz CT molecular complexity index is 834. The molecule has 0 amide bonds. The van der Waals surface area contributed by atoms with Crippen molar-refractivity contribution in [1.82, 2.24) is 4.98 Å². The first-order chi connectivity index (χ1) is 12.5. The lowest BCUT2D eigenvalue weighted by Crippen LogP contribution is -2.63. The molecular weight excluding hydrogens is 654 g/mol. The highest BCUT2D eigenvalue weighted by Gasteiger charge is 2.82. The third-order valence-corrected chi connectivity index (χ3v) is 5.88. The van der Waals surface area contributed by atoms with Gasteiger partial charge in [-0.05, 0) is 38.3 Å².